The lowest BCUT2D eigenvalue weighted by Crippen LogP contribution is -2.27. The summed E-state index contributed by atoms with van der Waals surface area (Å²) in [4.78, 5) is 11.3. The smallest absolute Gasteiger partial charge is 0.306 e. The van der Waals surface area contributed by atoms with E-state index in [0.29, 0.717) is 12.8 Å². The zero-order valence-electron chi connectivity index (χ0n) is 14.5. The molecule has 1 heterocycles. The van der Waals surface area contributed by atoms with E-state index in [2.05, 4.69) is 19.1 Å². The van der Waals surface area contributed by atoms with Crippen LogP contribution in [0, 0.1) is 11.8 Å². The second kappa shape index (κ2) is 9.80. The average Bonchev–Trinajstić information content (AvgIpc) is 3.36. The molecule has 0 aromatic heterocycles. The third-order valence-electron chi connectivity index (χ3n) is 4.71. The van der Waals surface area contributed by atoms with Gasteiger partial charge in [-0.25, -0.2) is 0 Å². The maximum absolute atomic E-state index is 11.3. The second-order valence-electron chi connectivity index (χ2n) is 6.75. The minimum absolute atomic E-state index is 0.0247. The highest BCUT2D eigenvalue weighted by Crippen LogP contribution is 2.47. The van der Waals surface area contributed by atoms with E-state index in [4.69, 9.17) is 4.74 Å². The highest BCUT2D eigenvalue weighted by molar-refractivity contribution is 5.70. The zero-order valence-corrected chi connectivity index (χ0v) is 14.5. The summed E-state index contributed by atoms with van der Waals surface area (Å²) in [5.41, 5.74) is 0. The fourth-order valence-electron chi connectivity index (χ4n) is 3.23. The molecule has 4 nitrogen and oxygen atoms in total. The number of aliphatic hydroxyl groups is 2. The number of rotatable bonds is 9. The molecule has 4 heteroatoms. The molecule has 0 bridgehead atoms. The molecule has 0 unspecified atom stereocenters. The van der Waals surface area contributed by atoms with Crippen LogP contribution in [0.2, 0.25) is 0 Å². The average molecular weight is 334 g/mol. The SMILES string of the molecule is CC/C=C\C/C=C\C[C@H](O)/C=C/[C@H](O)[C@H]1C[C@@H]1[C@H]1CCCC(=O)O1. The Labute approximate surface area is 144 Å². The van der Waals surface area contributed by atoms with Crippen LogP contribution in [-0.2, 0) is 9.53 Å². The van der Waals surface area contributed by atoms with Gasteiger partial charge in [-0.2, -0.15) is 0 Å². The number of hydrogen-bond donors (Lipinski definition) is 2. The van der Waals surface area contributed by atoms with E-state index in [0.717, 1.165) is 32.1 Å². The first kappa shape index (κ1) is 18.9. The van der Waals surface area contributed by atoms with Crippen LogP contribution in [0.3, 0.4) is 0 Å². The fourth-order valence-corrected chi connectivity index (χ4v) is 3.23. The molecule has 24 heavy (non-hydrogen) atoms. The van der Waals surface area contributed by atoms with Gasteiger partial charge in [0.15, 0.2) is 0 Å². The molecule has 1 aliphatic heterocycles. The number of esters is 1. The Morgan fingerprint density at radius 1 is 1.21 bits per heavy atom. The van der Waals surface area contributed by atoms with E-state index in [1.807, 2.05) is 12.2 Å². The summed E-state index contributed by atoms with van der Waals surface area (Å²) in [7, 11) is 0. The van der Waals surface area contributed by atoms with Crippen LogP contribution in [0.25, 0.3) is 0 Å². The van der Waals surface area contributed by atoms with Crippen molar-refractivity contribution in [3.8, 4) is 0 Å². The lowest BCUT2D eigenvalue weighted by atomic mass is 10.0. The van der Waals surface area contributed by atoms with Crippen LogP contribution < -0.4 is 0 Å². The van der Waals surface area contributed by atoms with E-state index in [-0.39, 0.29) is 23.9 Å². The molecule has 0 radical (unpaired) electrons. The molecule has 2 N–H and O–H groups in total. The highest BCUT2D eigenvalue weighted by Gasteiger charge is 2.48. The van der Waals surface area contributed by atoms with Gasteiger partial charge in [-0.05, 0) is 44.4 Å². The van der Waals surface area contributed by atoms with Gasteiger partial charge in [0.05, 0.1) is 12.2 Å². The van der Waals surface area contributed by atoms with Crippen molar-refractivity contribution in [2.45, 2.75) is 70.2 Å². The van der Waals surface area contributed by atoms with Crippen LogP contribution in [-0.4, -0.2) is 34.5 Å². The second-order valence-corrected chi connectivity index (χ2v) is 6.75. The number of hydrogen-bond acceptors (Lipinski definition) is 4. The zero-order chi connectivity index (χ0) is 17.4. The van der Waals surface area contributed by atoms with Gasteiger partial charge in [0.25, 0.3) is 0 Å². The van der Waals surface area contributed by atoms with Crippen LogP contribution in [0.15, 0.2) is 36.5 Å². The maximum atomic E-state index is 11.3. The first-order valence-electron chi connectivity index (χ1n) is 9.15. The van der Waals surface area contributed by atoms with Crippen molar-refractivity contribution in [2.24, 2.45) is 11.8 Å². The van der Waals surface area contributed by atoms with Gasteiger partial charge in [-0.1, -0.05) is 43.4 Å². The molecule has 2 rings (SSSR count). The van der Waals surface area contributed by atoms with Gasteiger partial charge in [0.2, 0.25) is 0 Å². The molecular formula is C20H30O4. The molecule has 0 aromatic rings. The van der Waals surface area contributed by atoms with Gasteiger partial charge >= 0.3 is 5.97 Å². The van der Waals surface area contributed by atoms with E-state index in [1.54, 1.807) is 12.2 Å². The van der Waals surface area contributed by atoms with Crippen molar-refractivity contribution in [2.75, 3.05) is 0 Å². The van der Waals surface area contributed by atoms with Crippen molar-refractivity contribution in [3.05, 3.63) is 36.5 Å². The Bertz CT molecular complexity index is 480. The first-order valence-corrected chi connectivity index (χ1v) is 9.15. The monoisotopic (exact) mass is 334 g/mol. The van der Waals surface area contributed by atoms with Gasteiger partial charge in [-0.15, -0.1) is 0 Å². The first-order chi connectivity index (χ1) is 11.6. The summed E-state index contributed by atoms with van der Waals surface area (Å²) in [5, 5.41) is 20.1. The summed E-state index contributed by atoms with van der Waals surface area (Å²) in [6.07, 6.45) is 16.1. The Hall–Kier alpha value is -1.39. The molecule has 0 aromatic carbocycles. The normalized spacial score (nSPS) is 30.1. The van der Waals surface area contributed by atoms with E-state index < -0.39 is 12.2 Å². The largest absolute Gasteiger partial charge is 0.462 e. The summed E-state index contributed by atoms with van der Waals surface area (Å²) in [6.45, 7) is 2.10. The van der Waals surface area contributed by atoms with Gasteiger partial charge in [0.1, 0.15) is 6.10 Å². The highest BCUT2D eigenvalue weighted by atomic mass is 16.5. The van der Waals surface area contributed by atoms with Crippen LogP contribution >= 0.6 is 0 Å². The number of ether oxygens (including phenoxy) is 1. The van der Waals surface area contributed by atoms with Crippen molar-refractivity contribution in [3.63, 3.8) is 0 Å². The third kappa shape index (κ3) is 6.25. The van der Waals surface area contributed by atoms with Gasteiger partial charge in [0, 0.05) is 12.3 Å². The fraction of sp³-hybridized carbons (Fsp3) is 0.650. The van der Waals surface area contributed by atoms with Crippen molar-refractivity contribution in [1.29, 1.82) is 0 Å². The molecule has 1 saturated heterocycles. The molecule has 5 atom stereocenters. The summed E-state index contributed by atoms with van der Waals surface area (Å²) in [5.74, 6) is 0.313. The maximum Gasteiger partial charge on any atom is 0.306 e. The number of cyclic esters (lactones) is 1. The number of aliphatic hydroxyl groups excluding tert-OH is 2. The summed E-state index contributed by atoms with van der Waals surface area (Å²) >= 11 is 0. The van der Waals surface area contributed by atoms with E-state index in [9.17, 15) is 15.0 Å². The Balaban J connectivity index is 1.66. The Morgan fingerprint density at radius 2 is 2.00 bits per heavy atom. The van der Waals surface area contributed by atoms with Crippen molar-refractivity contribution < 1.29 is 19.7 Å². The lowest BCUT2D eigenvalue weighted by Gasteiger charge is -2.22. The van der Waals surface area contributed by atoms with Crippen LogP contribution in [0.4, 0.5) is 0 Å². The topological polar surface area (TPSA) is 66.8 Å². The van der Waals surface area contributed by atoms with E-state index >= 15 is 0 Å². The van der Waals surface area contributed by atoms with E-state index in [1.165, 1.54) is 0 Å². The summed E-state index contributed by atoms with van der Waals surface area (Å²) < 4.78 is 5.37. The standard InChI is InChI=1S/C20H30O4/c1-2-3-4-5-6-7-9-15(21)12-13-18(22)16-14-17(16)19-10-8-11-20(23)24-19/h3-4,6-7,12-13,15-19,21-22H,2,5,8-11,14H2,1H3/b4-3-,7-6-,13-12+/t15-,16-,17-,18-,19+/m0/s1. The van der Waals surface area contributed by atoms with Gasteiger partial charge < -0.3 is 14.9 Å². The summed E-state index contributed by atoms with van der Waals surface area (Å²) in [6, 6.07) is 0. The van der Waals surface area contributed by atoms with Crippen molar-refractivity contribution >= 4 is 5.97 Å². The molecule has 0 amide bonds. The quantitative estimate of drug-likeness (QED) is 0.501. The van der Waals surface area contributed by atoms with Crippen LogP contribution in [0.1, 0.15) is 51.9 Å². The number of allylic oxidation sites excluding steroid dienone is 3. The third-order valence-corrected chi connectivity index (χ3v) is 4.71. The Morgan fingerprint density at radius 3 is 2.75 bits per heavy atom. The molecule has 2 aliphatic rings. The van der Waals surface area contributed by atoms with Crippen molar-refractivity contribution in [1.82, 2.24) is 0 Å². The Kier molecular flexibility index (Phi) is 7.73. The molecule has 1 saturated carbocycles. The predicted octanol–water partition coefficient (Wildman–Crippen LogP) is 3.30. The predicted molar refractivity (Wildman–Crippen MR) is 94.3 cm³/mol. The molecule has 0 spiro atoms. The molecule has 134 valence electrons. The number of carbonyl (C=O) groups excluding carboxylic acids is 1. The minimum Gasteiger partial charge on any atom is -0.462 e. The molecule has 2 fully saturated rings. The number of carbonyl (C=O) groups is 1. The van der Waals surface area contributed by atoms with Crippen LogP contribution in [0.5, 0.6) is 0 Å². The minimum atomic E-state index is -0.573. The lowest BCUT2D eigenvalue weighted by molar-refractivity contribution is -0.155. The molecule has 1 aliphatic carbocycles. The van der Waals surface area contributed by atoms with Gasteiger partial charge in [-0.3, -0.25) is 4.79 Å². The molecular weight excluding hydrogens is 304 g/mol.